The number of halogens is 1. The van der Waals surface area contributed by atoms with E-state index in [2.05, 4.69) is 20.4 Å². The number of para-hydroxylation sites is 1. The number of nitrogens with two attached hydrogens (primary N) is 1. The van der Waals surface area contributed by atoms with Gasteiger partial charge in [-0.3, -0.25) is 4.79 Å². The molecule has 0 atom stereocenters. The van der Waals surface area contributed by atoms with Crippen LogP contribution in [-0.4, -0.2) is 25.7 Å². The number of nitrogens with one attached hydrogen (secondary N) is 1. The molecule has 0 spiro atoms. The SMILES string of the molecule is Nc1nc(-n2nc(Cc3ccccc3F)c3ccccc32)nc2c1CC(=O)N2. The van der Waals surface area contributed by atoms with Crippen LogP contribution in [0.2, 0.25) is 0 Å². The number of fused-ring (bicyclic) bond motifs is 2. The Hall–Kier alpha value is -3.81. The van der Waals surface area contributed by atoms with Gasteiger partial charge in [0.1, 0.15) is 17.5 Å². The molecule has 0 fully saturated rings. The minimum Gasteiger partial charge on any atom is -0.383 e. The van der Waals surface area contributed by atoms with Crippen molar-refractivity contribution >= 4 is 28.4 Å². The van der Waals surface area contributed by atoms with Crippen LogP contribution < -0.4 is 11.1 Å². The van der Waals surface area contributed by atoms with Crippen LogP contribution in [0.3, 0.4) is 0 Å². The lowest BCUT2D eigenvalue weighted by Gasteiger charge is -2.06. The Kier molecular flexibility index (Phi) is 3.58. The van der Waals surface area contributed by atoms with Crippen molar-refractivity contribution in [2.24, 2.45) is 0 Å². The van der Waals surface area contributed by atoms with E-state index in [0.29, 0.717) is 29.1 Å². The van der Waals surface area contributed by atoms with Gasteiger partial charge in [-0.2, -0.15) is 19.7 Å². The highest BCUT2D eigenvalue weighted by Gasteiger charge is 2.25. The summed E-state index contributed by atoms with van der Waals surface area (Å²) in [6, 6.07) is 14.2. The maximum Gasteiger partial charge on any atom is 0.255 e. The standard InChI is InChI=1S/C20H15FN6O/c21-14-7-3-1-5-11(14)9-15-12-6-2-4-8-16(12)27(26-15)20-24-18(22)13-10-17(28)23-19(13)25-20/h1-8H,9-10H2,(H3,22,23,24,25,28). The molecule has 7 nitrogen and oxygen atoms in total. The summed E-state index contributed by atoms with van der Waals surface area (Å²) in [6.07, 6.45) is 0.497. The van der Waals surface area contributed by atoms with E-state index >= 15 is 0 Å². The number of nitrogen functional groups attached to an aromatic ring is 1. The van der Waals surface area contributed by atoms with Gasteiger partial charge in [0.05, 0.1) is 17.6 Å². The molecule has 0 saturated carbocycles. The minimum absolute atomic E-state index is 0.167. The number of hydrogen-bond donors (Lipinski definition) is 2. The number of nitrogens with zero attached hydrogens (tertiary/aromatic N) is 4. The average molecular weight is 374 g/mol. The van der Waals surface area contributed by atoms with Crippen molar-refractivity contribution < 1.29 is 9.18 Å². The number of amides is 1. The fraction of sp³-hybridized carbons (Fsp3) is 0.100. The van der Waals surface area contributed by atoms with E-state index in [4.69, 9.17) is 5.73 Å². The molecule has 1 aliphatic rings. The molecule has 0 radical (unpaired) electrons. The maximum atomic E-state index is 14.1. The molecule has 3 heterocycles. The second-order valence-electron chi connectivity index (χ2n) is 6.60. The molecule has 0 aliphatic carbocycles. The van der Waals surface area contributed by atoms with Gasteiger partial charge in [0.2, 0.25) is 5.91 Å². The van der Waals surface area contributed by atoms with Gasteiger partial charge in [0, 0.05) is 17.4 Å². The van der Waals surface area contributed by atoms with E-state index in [-0.39, 0.29) is 29.9 Å². The van der Waals surface area contributed by atoms with Crippen molar-refractivity contribution in [2.45, 2.75) is 12.8 Å². The molecule has 8 heteroatoms. The Labute approximate surface area is 159 Å². The topological polar surface area (TPSA) is 98.7 Å². The molecule has 2 aromatic carbocycles. The molecule has 0 unspecified atom stereocenters. The molecule has 1 amide bonds. The van der Waals surface area contributed by atoms with Gasteiger partial charge in [-0.15, -0.1) is 0 Å². The lowest BCUT2D eigenvalue weighted by Crippen LogP contribution is -2.09. The zero-order valence-corrected chi connectivity index (χ0v) is 14.7. The highest BCUT2D eigenvalue weighted by molar-refractivity contribution is 5.99. The normalized spacial score (nSPS) is 13.0. The molecule has 0 bridgehead atoms. The maximum absolute atomic E-state index is 14.1. The van der Waals surface area contributed by atoms with Crippen LogP contribution in [0.15, 0.2) is 48.5 Å². The molecule has 138 valence electrons. The summed E-state index contributed by atoms with van der Waals surface area (Å²) < 4.78 is 15.7. The number of aromatic nitrogens is 4. The summed E-state index contributed by atoms with van der Waals surface area (Å²) in [5, 5.41) is 8.20. The summed E-state index contributed by atoms with van der Waals surface area (Å²) in [5.41, 5.74) is 8.66. The van der Waals surface area contributed by atoms with E-state index in [1.807, 2.05) is 24.3 Å². The lowest BCUT2D eigenvalue weighted by molar-refractivity contribution is -0.115. The van der Waals surface area contributed by atoms with Crippen molar-refractivity contribution in [3.63, 3.8) is 0 Å². The van der Waals surface area contributed by atoms with E-state index in [1.165, 1.54) is 6.07 Å². The van der Waals surface area contributed by atoms with Crippen LogP contribution in [0.4, 0.5) is 16.0 Å². The highest BCUT2D eigenvalue weighted by atomic mass is 19.1. The molecule has 1 aliphatic heterocycles. The largest absolute Gasteiger partial charge is 0.383 e. The van der Waals surface area contributed by atoms with Gasteiger partial charge in [-0.05, 0) is 17.7 Å². The highest BCUT2D eigenvalue weighted by Crippen LogP contribution is 2.28. The Morgan fingerprint density at radius 3 is 2.75 bits per heavy atom. The fourth-order valence-electron chi connectivity index (χ4n) is 3.43. The number of hydrogen-bond acceptors (Lipinski definition) is 5. The zero-order valence-electron chi connectivity index (χ0n) is 14.7. The fourth-order valence-corrected chi connectivity index (χ4v) is 3.43. The van der Waals surface area contributed by atoms with Crippen LogP contribution in [0.1, 0.15) is 16.8 Å². The summed E-state index contributed by atoms with van der Waals surface area (Å²) in [6.45, 7) is 0. The summed E-state index contributed by atoms with van der Waals surface area (Å²) in [4.78, 5) is 20.4. The zero-order chi connectivity index (χ0) is 19.3. The molecule has 28 heavy (non-hydrogen) atoms. The number of anilines is 2. The summed E-state index contributed by atoms with van der Waals surface area (Å²) in [5.74, 6) is 0.464. The quantitative estimate of drug-likeness (QED) is 0.574. The van der Waals surface area contributed by atoms with Gasteiger partial charge in [0.25, 0.3) is 5.95 Å². The predicted molar refractivity (Wildman–Crippen MR) is 103 cm³/mol. The van der Waals surface area contributed by atoms with Crippen LogP contribution in [-0.2, 0) is 17.6 Å². The van der Waals surface area contributed by atoms with Gasteiger partial charge in [0.15, 0.2) is 0 Å². The van der Waals surface area contributed by atoms with E-state index in [0.717, 1.165) is 10.9 Å². The molecular weight excluding hydrogens is 359 g/mol. The Bertz CT molecular complexity index is 1250. The van der Waals surface area contributed by atoms with E-state index in [9.17, 15) is 9.18 Å². The third-order valence-corrected chi connectivity index (χ3v) is 4.79. The van der Waals surface area contributed by atoms with Gasteiger partial charge >= 0.3 is 0 Å². The number of rotatable bonds is 3. The van der Waals surface area contributed by atoms with E-state index in [1.54, 1.807) is 22.9 Å². The Balaban J connectivity index is 1.66. The lowest BCUT2D eigenvalue weighted by atomic mass is 10.1. The minimum atomic E-state index is -0.276. The van der Waals surface area contributed by atoms with Crippen molar-refractivity contribution in [3.05, 3.63) is 71.2 Å². The molecule has 2 aromatic heterocycles. The average Bonchev–Trinajstić information content (AvgIpc) is 3.24. The third kappa shape index (κ3) is 2.58. The first kappa shape index (κ1) is 16.4. The third-order valence-electron chi connectivity index (χ3n) is 4.79. The smallest absolute Gasteiger partial charge is 0.255 e. The number of benzene rings is 2. The number of carbonyl (C=O) groups excluding carboxylic acids is 1. The van der Waals surface area contributed by atoms with Gasteiger partial charge in [-0.1, -0.05) is 36.4 Å². The predicted octanol–water partition coefficient (Wildman–Crippen LogP) is 2.62. The van der Waals surface area contributed by atoms with E-state index < -0.39 is 0 Å². The monoisotopic (exact) mass is 374 g/mol. The summed E-state index contributed by atoms with van der Waals surface area (Å²) >= 11 is 0. The first-order valence-electron chi connectivity index (χ1n) is 8.77. The molecule has 5 rings (SSSR count). The molecule has 0 saturated heterocycles. The second-order valence-corrected chi connectivity index (χ2v) is 6.60. The van der Waals surface area contributed by atoms with Gasteiger partial charge < -0.3 is 11.1 Å². The van der Waals surface area contributed by atoms with Crippen molar-refractivity contribution in [2.75, 3.05) is 11.1 Å². The molecule has 3 N–H and O–H groups in total. The van der Waals surface area contributed by atoms with Crippen LogP contribution in [0, 0.1) is 5.82 Å². The van der Waals surface area contributed by atoms with Gasteiger partial charge in [-0.25, -0.2) is 4.39 Å². The van der Waals surface area contributed by atoms with Crippen molar-refractivity contribution in [1.29, 1.82) is 0 Å². The van der Waals surface area contributed by atoms with Crippen molar-refractivity contribution in [3.8, 4) is 5.95 Å². The first-order valence-corrected chi connectivity index (χ1v) is 8.77. The first-order chi connectivity index (χ1) is 13.6. The van der Waals surface area contributed by atoms with Crippen LogP contribution in [0.5, 0.6) is 0 Å². The summed E-state index contributed by atoms with van der Waals surface area (Å²) in [7, 11) is 0. The van der Waals surface area contributed by atoms with Crippen LogP contribution >= 0.6 is 0 Å². The molecule has 4 aromatic rings. The Morgan fingerprint density at radius 2 is 1.89 bits per heavy atom. The van der Waals surface area contributed by atoms with Crippen molar-refractivity contribution in [1.82, 2.24) is 19.7 Å². The Morgan fingerprint density at radius 1 is 1.11 bits per heavy atom. The molecular formula is C20H15FN6O. The van der Waals surface area contributed by atoms with Crippen LogP contribution in [0.25, 0.3) is 16.9 Å². The second kappa shape index (κ2) is 6.12. The number of carbonyl (C=O) groups is 1.